The smallest absolute Gasteiger partial charge is 0.341 e. The summed E-state index contributed by atoms with van der Waals surface area (Å²) in [5, 5.41) is 6.92. The number of carbonyl (C=O) groups excluding carboxylic acids is 2. The first-order valence-corrected chi connectivity index (χ1v) is 6.79. The quantitative estimate of drug-likeness (QED) is 0.881. The third-order valence-corrected chi connectivity index (χ3v) is 2.96. The van der Waals surface area contributed by atoms with E-state index in [0.29, 0.717) is 23.4 Å². The minimum absolute atomic E-state index is 0.0935. The maximum Gasteiger partial charge on any atom is 0.341 e. The number of esters is 1. The molecule has 0 unspecified atom stereocenters. The highest BCUT2D eigenvalue weighted by molar-refractivity contribution is 5.99. The number of aromatic nitrogens is 2. The molecule has 0 aliphatic heterocycles. The van der Waals surface area contributed by atoms with Crippen LogP contribution in [0.15, 0.2) is 24.5 Å². The Bertz CT molecular complexity index is 683. The number of hydrogen-bond donors (Lipinski definition) is 1. The Hall–Kier alpha value is -2.37. The second-order valence-corrected chi connectivity index (χ2v) is 5.73. The zero-order chi connectivity index (χ0) is 15.6. The van der Waals surface area contributed by atoms with Crippen LogP contribution in [0, 0.1) is 5.41 Å². The number of carbonyl (C=O) groups is 2. The Morgan fingerprint density at radius 3 is 2.71 bits per heavy atom. The van der Waals surface area contributed by atoms with Crippen LogP contribution in [0.5, 0.6) is 0 Å². The van der Waals surface area contributed by atoms with Crippen molar-refractivity contribution in [3.05, 3.63) is 30.1 Å². The lowest BCUT2D eigenvalue weighted by molar-refractivity contribution is -0.123. The molecule has 6 nitrogen and oxygen atoms in total. The first-order chi connectivity index (χ1) is 9.82. The van der Waals surface area contributed by atoms with Gasteiger partial charge in [-0.2, -0.15) is 5.10 Å². The van der Waals surface area contributed by atoms with Crippen LogP contribution in [-0.4, -0.2) is 28.1 Å². The number of hydrogen-bond acceptors (Lipinski definition) is 4. The summed E-state index contributed by atoms with van der Waals surface area (Å²) in [5.74, 6) is -0.518. The Morgan fingerprint density at radius 1 is 1.38 bits per heavy atom. The van der Waals surface area contributed by atoms with Gasteiger partial charge in [-0.05, 0) is 19.1 Å². The van der Waals surface area contributed by atoms with Gasteiger partial charge in [0.2, 0.25) is 5.91 Å². The van der Waals surface area contributed by atoms with Gasteiger partial charge in [0.15, 0.2) is 0 Å². The van der Waals surface area contributed by atoms with Crippen molar-refractivity contribution >= 4 is 23.1 Å². The van der Waals surface area contributed by atoms with Crippen molar-refractivity contribution in [1.82, 2.24) is 9.61 Å². The number of anilines is 1. The standard InChI is InChI=1S/C15H19N3O3/c1-5-21-13(19)11-9-16-18-7-6-10(8-12(11)18)17-14(20)15(2,3)4/h6-9H,5H2,1-4H3,(H,17,20). The largest absolute Gasteiger partial charge is 0.462 e. The van der Waals surface area contributed by atoms with E-state index in [1.165, 1.54) is 6.20 Å². The molecular formula is C15H19N3O3. The molecule has 1 N–H and O–H groups in total. The Balaban J connectivity index is 2.34. The lowest BCUT2D eigenvalue weighted by atomic mass is 9.95. The maximum atomic E-state index is 12.0. The molecule has 2 heterocycles. The molecule has 2 rings (SSSR count). The molecule has 0 saturated carbocycles. The van der Waals surface area contributed by atoms with Crippen LogP contribution < -0.4 is 5.32 Å². The van der Waals surface area contributed by atoms with E-state index in [-0.39, 0.29) is 5.91 Å². The molecule has 21 heavy (non-hydrogen) atoms. The highest BCUT2D eigenvalue weighted by atomic mass is 16.5. The van der Waals surface area contributed by atoms with Gasteiger partial charge in [0.05, 0.1) is 18.3 Å². The third-order valence-electron chi connectivity index (χ3n) is 2.96. The van der Waals surface area contributed by atoms with Crippen molar-refractivity contribution < 1.29 is 14.3 Å². The lowest BCUT2D eigenvalue weighted by Gasteiger charge is -2.17. The molecule has 2 aromatic heterocycles. The van der Waals surface area contributed by atoms with Crippen LogP contribution in [0.25, 0.3) is 5.52 Å². The van der Waals surface area contributed by atoms with Gasteiger partial charge in [-0.25, -0.2) is 9.31 Å². The molecule has 0 bridgehead atoms. The van der Waals surface area contributed by atoms with Gasteiger partial charge in [0.1, 0.15) is 5.56 Å². The molecule has 2 aromatic rings. The van der Waals surface area contributed by atoms with Crippen molar-refractivity contribution in [1.29, 1.82) is 0 Å². The second-order valence-electron chi connectivity index (χ2n) is 5.73. The van der Waals surface area contributed by atoms with Crippen molar-refractivity contribution in [3.63, 3.8) is 0 Å². The number of nitrogens with one attached hydrogen (secondary N) is 1. The van der Waals surface area contributed by atoms with Gasteiger partial charge in [-0.15, -0.1) is 0 Å². The van der Waals surface area contributed by atoms with Gasteiger partial charge in [-0.1, -0.05) is 20.8 Å². The van der Waals surface area contributed by atoms with Gasteiger partial charge in [0, 0.05) is 17.3 Å². The van der Waals surface area contributed by atoms with Gasteiger partial charge >= 0.3 is 5.97 Å². The van der Waals surface area contributed by atoms with Crippen LogP contribution in [0.4, 0.5) is 5.69 Å². The predicted octanol–water partition coefficient (Wildman–Crippen LogP) is 2.50. The summed E-state index contributed by atoms with van der Waals surface area (Å²) < 4.78 is 6.56. The summed E-state index contributed by atoms with van der Waals surface area (Å²) in [6, 6.07) is 3.45. The molecule has 0 aromatic carbocycles. The zero-order valence-corrected chi connectivity index (χ0v) is 12.6. The average molecular weight is 289 g/mol. The molecule has 6 heteroatoms. The van der Waals surface area contributed by atoms with E-state index >= 15 is 0 Å². The van der Waals surface area contributed by atoms with Crippen molar-refractivity contribution in [3.8, 4) is 0 Å². The summed E-state index contributed by atoms with van der Waals surface area (Å²) in [6.45, 7) is 7.56. The number of amides is 1. The number of fused-ring (bicyclic) bond motifs is 1. The van der Waals surface area contributed by atoms with Gasteiger partial charge in [-0.3, -0.25) is 4.79 Å². The highest BCUT2D eigenvalue weighted by Crippen LogP contribution is 2.20. The number of nitrogens with zero attached hydrogens (tertiary/aromatic N) is 2. The van der Waals surface area contributed by atoms with Crippen LogP contribution in [0.3, 0.4) is 0 Å². The molecule has 112 valence electrons. The fraction of sp³-hybridized carbons (Fsp3) is 0.400. The van der Waals surface area contributed by atoms with Crippen LogP contribution >= 0.6 is 0 Å². The number of ether oxygens (including phenoxy) is 1. The highest BCUT2D eigenvalue weighted by Gasteiger charge is 2.21. The molecule has 0 atom stereocenters. The van der Waals surface area contributed by atoms with Crippen LogP contribution in [-0.2, 0) is 9.53 Å². The Kier molecular flexibility index (Phi) is 3.97. The van der Waals surface area contributed by atoms with E-state index in [0.717, 1.165) is 0 Å². The monoisotopic (exact) mass is 289 g/mol. The van der Waals surface area contributed by atoms with E-state index in [2.05, 4.69) is 10.4 Å². The fourth-order valence-corrected chi connectivity index (χ4v) is 1.74. The van der Waals surface area contributed by atoms with Gasteiger partial charge < -0.3 is 10.1 Å². The Labute approximate surface area is 123 Å². The topological polar surface area (TPSA) is 72.7 Å². The molecule has 0 spiro atoms. The third kappa shape index (κ3) is 3.21. The summed E-state index contributed by atoms with van der Waals surface area (Å²) in [6.07, 6.45) is 3.15. The van der Waals surface area contributed by atoms with E-state index in [1.54, 1.807) is 29.8 Å². The molecule has 0 saturated heterocycles. The second kappa shape index (κ2) is 5.55. The normalized spacial score (nSPS) is 11.4. The average Bonchev–Trinajstić information content (AvgIpc) is 2.81. The summed E-state index contributed by atoms with van der Waals surface area (Å²) in [5.41, 5.74) is 1.11. The van der Waals surface area contributed by atoms with E-state index in [4.69, 9.17) is 4.74 Å². The van der Waals surface area contributed by atoms with Gasteiger partial charge in [0.25, 0.3) is 0 Å². The fourth-order valence-electron chi connectivity index (χ4n) is 1.74. The minimum atomic E-state index is -0.490. The minimum Gasteiger partial charge on any atom is -0.462 e. The van der Waals surface area contributed by atoms with Crippen molar-refractivity contribution in [2.24, 2.45) is 5.41 Å². The first kappa shape index (κ1) is 15.0. The van der Waals surface area contributed by atoms with E-state index in [1.807, 2.05) is 20.8 Å². The molecule has 0 fully saturated rings. The molecule has 0 aliphatic carbocycles. The summed E-state index contributed by atoms with van der Waals surface area (Å²) >= 11 is 0. The van der Waals surface area contributed by atoms with Crippen LogP contribution in [0.1, 0.15) is 38.1 Å². The summed E-state index contributed by atoms with van der Waals surface area (Å²) in [7, 11) is 0. The molecule has 0 aliphatic rings. The number of pyridine rings is 1. The van der Waals surface area contributed by atoms with Crippen LogP contribution in [0.2, 0.25) is 0 Å². The van der Waals surface area contributed by atoms with E-state index < -0.39 is 11.4 Å². The van der Waals surface area contributed by atoms with Crippen molar-refractivity contribution in [2.75, 3.05) is 11.9 Å². The predicted molar refractivity (Wildman–Crippen MR) is 79.2 cm³/mol. The summed E-state index contributed by atoms with van der Waals surface area (Å²) in [4.78, 5) is 23.9. The first-order valence-electron chi connectivity index (χ1n) is 6.79. The molecule has 0 radical (unpaired) electrons. The molecular weight excluding hydrogens is 270 g/mol. The van der Waals surface area contributed by atoms with E-state index in [9.17, 15) is 9.59 Å². The lowest BCUT2D eigenvalue weighted by Crippen LogP contribution is -2.27. The Morgan fingerprint density at radius 2 is 2.10 bits per heavy atom. The SMILES string of the molecule is CCOC(=O)c1cnn2ccc(NC(=O)C(C)(C)C)cc12. The zero-order valence-electron chi connectivity index (χ0n) is 12.6. The maximum absolute atomic E-state index is 12.0. The van der Waals surface area contributed by atoms with Crippen molar-refractivity contribution in [2.45, 2.75) is 27.7 Å². The molecule has 1 amide bonds. The number of rotatable bonds is 3.